The van der Waals surface area contributed by atoms with Crippen LogP contribution in [-0.4, -0.2) is 37.9 Å². The SMILES string of the molecule is Cc1ccc(-n2nnnc2SCC(=O)NC(=O)NCc2ccccc2)c(C)c1. The first kappa shape index (κ1) is 19.6. The van der Waals surface area contributed by atoms with Crippen molar-refractivity contribution in [2.24, 2.45) is 0 Å². The molecule has 9 heteroatoms. The topological polar surface area (TPSA) is 102 Å². The summed E-state index contributed by atoms with van der Waals surface area (Å²) in [5.41, 5.74) is 3.97. The van der Waals surface area contributed by atoms with Crippen LogP contribution in [0.5, 0.6) is 0 Å². The molecular formula is C19H20N6O2S. The van der Waals surface area contributed by atoms with E-state index in [2.05, 4.69) is 26.2 Å². The summed E-state index contributed by atoms with van der Waals surface area (Å²) in [6.07, 6.45) is 0. The fourth-order valence-electron chi connectivity index (χ4n) is 2.58. The van der Waals surface area contributed by atoms with E-state index in [1.54, 1.807) is 4.68 Å². The Morgan fingerprint density at radius 2 is 1.89 bits per heavy atom. The van der Waals surface area contributed by atoms with Crippen molar-refractivity contribution in [1.29, 1.82) is 0 Å². The minimum atomic E-state index is -0.538. The van der Waals surface area contributed by atoms with E-state index < -0.39 is 11.9 Å². The lowest BCUT2D eigenvalue weighted by molar-refractivity contribution is -0.117. The molecule has 1 aromatic heterocycles. The van der Waals surface area contributed by atoms with Crippen LogP contribution < -0.4 is 10.6 Å². The zero-order valence-corrected chi connectivity index (χ0v) is 16.4. The standard InChI is InChI=1S/C19H20N6O2S/c1-13-8-9-16(14(2)10-13)25-19(22-23-24-25)28-12-17(26)21-18(27)20-11-15-6-4-3-5-7-15/h3-10H,11-12H2,1-2H3,(H2,20,21,26,27). The maximum atomic E-state index is 12.0. The lowest BCUT2D eigenvalue weighted by Crippen LogP contribution is -2.40. The molecule has 144 valence electrons. The van der Waals surface area contributed by atoms with Gasteiger partial charge in [0.1, 0.15) is 0 Å². The number of tetrazole rings is 1. The summed E-state index contributed by atoms with van der Waals surface area (Å²) in [4.78, 5) is 23.9. The zero-order chi connectivity index (χ0) is 19.9. The number of carbonyl (C=O) groups excluding carboxylic acids is 2. The number of hydrogen-bond donors (Lipinski definition) is 2. The number of benzene rings is 2. The highest BCUT2D eigenvalue weighted by Crippen LogP contribution is 2.21. The first-order chi connectivity index (χ1) is 13.5. The third kappa shape index (κ3) is 5.17. The molecule has 1 heterocycles. The summed E-state index contributed by atoms with van der Waals surface area (Å²) in [6.45, 7) is 4.33. The van der Waals surface area contributed by atoms with Crippen LogP contribution in [0.25, 0.3) is 5.69 Å². The molecular weight excluding hydrogens is 376 g/mol. The smallest absolute Gasteiger partial charge is 0.321 e. The Hall–Kier alpha value is -3.20. The van der Waals surface area contributed by atoms with Gasteiger partial charge >= 0.3 is 6.03 Å². The molecule has 0 aliphatic heterocycles. The van der Waals surface area contributed by atoms with Crippen LogP contribution in [0.4, 0.5) is 4.79 Å². The van der Waals surface area contributed by atoms with Gasteiger partial charge in [0.05, 0.1) is 11.4 Å². The van der Waals surface area contributed by atoms with Gasteiger partial charge in [-0.3, -0.25) is 10.1 Å². The second kappa shape index (κ2) is 9.14. The van der Waals surface area contributed by atoms with Crippen LogP contribution in [0.3, 0.4) is 0 Å². The number of imide groups is 1. The molecule has 0 saturated carbocycles. The van der Waals surface area contributed by atoms with E-state index in [0.717, 1.165) is 34.1 Å². The van der Waals surface area contributed by atoms with Gasteiger partial charge < -0.3 is 5.32 Å². The normalized spacial score (nSPS) is 10.5. The largest absolute Gasteiger partial charge is 0.334 e. The quantitative estimate of drug-likeness (QED) is 0.621. The highest BCUT2D eigenvalue weighted by molar-refractivity contribution is 7.99. The predicted molar refractivity (Wildman–Crippen MR) is 106 cm³/mol. The third-order valence-corrected chi connectivity index (χ3v) is 4.82. The van der Waals surface area contributed by atoms with E-state index >= 15 is 0 Å². The van der Waals surface area contributed by atoms with Gasteiger partial charge in [-0.05, 0) is 41.5 Å². The predicted octanol–water partition coefficient (Wildman–Crippen LogP) is 2.40. The minimum Gasteiger partial charge on any atom is -0.334 e. The van der Waals surface area contributed by atoms with Gasteiger partial charge in [0.25, 0.3) is 0 Å². The number of hydrogen-bond acceptors (Lipinski definition) is 6. The highest BCUT2D eigenvalue weighted by atomic mass is 32.2. The van der Waals surface area contributed by atoms with E-state index in [0.29, 0.717) is 11.7 Å². The first-order valence-corrected chi connectivity index (χ1v) is 9.62. The van der Waals surface area contributed by atoms with Crippen LogP contribution in [0.1, 0.15) is 16.7 Å². The van der Waals surface area contributed by atoms with Gasteiger partial charge in [0, 0.05) is 6.54 Å². The number of nitrogens with one attached hydrogen (secondary N) is 2. The van der Waals surface area contributed by atoms with Crippen LogP contribution >= 0.6 is 11.8 Å². The van der Waals surface area contributed by atoms with Crippen molar-refractivity contribution in [3.63, 3.8) is 0 Å². The lowest BCUT2D eigenvalue weighted by atomic mass is 10.1. The molecule has 0 unspecified atom stereocenters. The molecule has 3 rings (SSSR count). The fraction of sp³-hybridized carbons (Fsp3) is 0.211. The van der Waals surface area contributed by atoms with Gasteiger partial charge in [0.15, 0.2) is 0 Å². The van der Waals surface area contributed by atoms with Gasteiger partial charge in [-0.1, -0.05) is 59.8 Å². The summed E-state index contributed by atoms with van der Waals surface area (Å²) >= 11 is 1.16. The summed E-state index contributed by atoms with van der Waals surface area (Å²) in [5, 5.41) is 17.1. The molecule has 3 aromatic rings. The monoisotopic (exact) mass is 396 g/mol. The van der Waals surface area contributed by atoms with E-state index in [9.17, 15) is 9.59 Å². The Morgan fingerprint density at radius 1 is 1.11 bits per heavy atom. The molecule has 0 spiro atoms. The number of thioether (sulfide) groups is 1. The van der Waals surface area contributed by atoms with Crippen LogP contribution in [0, 0.1) is 13.8 Å². The van der Waals surface area contributed by atoms with Gasteiger partial charge in [-0.25, -0.2) is 4.79 Å². The molecule has 0 atom stereocenters. The van der Waals surface area contributed by atoms with Gasteiger partial charge in [0.2, 0.25) is 11.1 Å². The highest BCUT2D eigenvalue weighted by Gasteiger charge is 2.14. The molecule has 3 amide bonds. The number of urea groups is 1. The molecule has 0 aliphatic rings. The van der Waals surface area contributed by atoms with Crippen LogP contribution in [-0.2, 0) is 11.3 Å². The summed E-state index contributed by atoms with van der Waals surface area (Å²) in [7, 11) is 0. The number of aryl methyl sites for hydroxylation is 2. The molecule has 2 aromatic carbocycles. The summed E-state index contributed by atoms with van der Waals surface area (Å²) in [6, 6.07) is 14.9. The Kier molecular flexibility index (Phi) is 6.38. The molecule has 0 bridgehead atoms. The van der Waals surface area contributed by atoms with Crippen molar-refractivity contribution in [2.45, 2.75) is 25.5 Å². The van der Waals surface area contributed by atoms with Crippen LogP contribution in [0.15, 0.2) is 53.7 Å². The average Bonchev–Trinajstić information content (AvgIpc) is 3.14. The fourth-order valence-corrected chi connectivity index (χ4v) is 3.26. The minimum absolute atomic E-state index is 0.0179. The van der Waals surface area contributed by atoms with Crippen molar-refractivity contribution in [2.75, 3.05) is 5.75 Å². The van der Waals surface area contributed by atoms with Crippen molar-refractivity contribution in [3.05, 3.63) is 65.2 Å². The second-order valence-electron chi connectivity index (χ2n) is 6.17. The van der Waals surface area contributed by atoms with Crippen molar-refractivity contribution in [3.8, 4) is 5.69 Å². The van der Waals surface area contributed by atoms with Crippen molar-refractivity contribution >= 4 is 23.7 Å². The maximum Gasteiger partial charge on any atom is 0.321 e. The lowest BCUT2D eigenvalue weighted by Gasteiger charge is -2.09. The molecule has 8 nitrogen and oxygen atoms in total. The maximum absolute atomic E-state index is 12.0. The first-order valence-electron chi connectivity index (χ1n) is 8.63. The zero-order valence-electron chi connectivity index (χ0n) is 15.5. The third-order valence-electron chi connectivity index (χ3n) is 3.90. The van der Waals surface area contributed by atoms with E-state index in [1.165, 1.54) is 0 Å². The van der Waals surface area contributed by atoms with Crippen molar-refractivity contribution < 1.29 is 9.59 Å². The van der Waals surface area contributed by atoms with E-state index in [-0.39, 0.29) is 5.75 Å². The Balaban J connectivity index is 1.52. The molecule has 0 saturated heterocycles. The summed E-state index contributed by atoms with van der Waals surface area (Å²) < 4.78 is 1.59. The Labute approximate surface area is 166 Å². The second-order valence-corrected chi connectivity index (χ2v) is 7.11. The number of nitrogens with zero attached hydrogens (tertiary/aromatic N) is 4. The molecule has 0 aliphatic carbocycles. The molecule has 28 heavy (non-hydrogen) atoms. The molecule has 2 N–H and O–H groups in total. The number of amides is 3. The van der Waals surface area contributed by atoms with Crippen molar-refractivity contribution in [1.82, 2.24) is 30.8 Å². The number of aromatic nitrogens is 4. The number of carbonyl (C=O) groups is 2. The summed E-state index contributed by atoms with van der Waals surface area (Å²) in [5.74, 6) is -0.407. The number of rotatable bonds is 6. The Bertz CT molecular complexity index is 974. The van der Waals surface area contributed by atoms with E-state index in [4.69, 9.17) is 0 Å². The van der Waals surface area contributed by atoms with Gasteiger partial charge in [-0.2, -0.15) is 4.68 Å². The van der Waals surface area contributed by atoms with Crippen LogP contribution in [0.2, 0.25) is 0 Å². The molecule has 0 fully saturated rings. The van der Waals surface area contributed by atoms with Gasteiger partial charge in [-0.15, -0.1) is 5.10 Å². The Morgan fingerprint density at radius 3 is 2.64 bits per heavy atom. The molecule has 0 radical (unpaired) electrons. The average molecular weight is 396 g/mol. The van der Waals surface area contributed by atoms with E-state index in [1.807, 2.05) is 62.4 Å².